The summed E-state index contributed by atoms with van der Waals surface area (Å²) in [6.45, 7) is 6.69. The molecule has 2 unspecified atom stereocenters. The summed E-state index contributed by atoms with van der Waals surface area (Å²) >= 11 is 0. The first-order chi connectivity index (χ1) is 13.9. The molecule has 2 aromatic carbocycles. The predicted octanol–water partition coefficient (Wildman–Crippen LogP) is 5.79. The second kappa shape index (κ2) is 7.82. The zero-order chi connectivity index (χ0) is 20.4. The molecule has 2 atom stereocenters. The number of carbonyl (C=O) groups is 1. The maximum absolute atomic E-state index is 12.9. The van der Waals surface area contributed by atoms with Crippen LogP contribution in [0, 0.1) is 11.3 Å². The van der Waals surface area contributed by atoms with Crippen LogP contribution >= 0.6 is 0 Å². The smallest absolute Gasteiger partial charge is 0.342 e. The van der Waals surface area contributed by atoms with Gasteiger partial charge in [-0.1, -0.05) is 45.0 Å². The number of para-hydroxylation sites is 3. The Morgan fingerprint density at radius 3 is 2.55 bits per heavy atom. The van der Waals surface area contributed by atoms with Gasteiger partial charge in [0.05, 0.1) is 17.2 Å². The molecule has 1 aliphatic carbocycles. The van der Waals surface area contributed by atoms with E-state index in [4.69, 9.17) is 9.47 Å². The predicted molar refractivity (Wildman–Crippen MR) is 112 cm³/mol. The number of rotatable bonds is 4. The molecule has 150 valence electrons. The van der Waals surface area contributed by atoms with E-state index in [0.717, 1.165) is 30.3 Å². The summed E-state index contributed by atoms with van der Waals surface area (Å²) in [4.78, 5) is 21.8. The highest BCUT2D eigenvalue weighted by Gasteiger charge is 2.34. The lowest BCUT2D eigenvalue weighted by Gasteiger charge is -2.38. The van der Waals surface area contributed by atoms with Crippen molar-refractivity contribution in [2.24, 2.45) is 11.3 Å². The lowest BCUT2D eigenvalue weighted by molar-refractivity contribution is -0.00732. The average Bonchev–Trinajstić information content (AvgIpc) is 2.66. The Labute approximate surface area is 171 Å². The number of carbonyl (C=O) groups excluding carboxylic acids is 1. The molecular formula is C24H26N2O3. The molecule has 1 aromatic heterocycles. The molecule has 1 fully saturated rings. The van der Waals surface area contributed by atoms with E-state index < -0.39 is 0 Å². The van der Waals surface area contributed by atoms with Gasteiger partial charge in [0.2, 0.25) is 5.88 Å². The second-order valence-electron chi connectivity index (χ2n) is 8.74. The van der Waals surface area contributed by atoms with Gasteiger partial charge in [-0.25, -0.2) is 14.8 Å². The maximum atomic E-state index is 12.9. The molecule has 3 aromatic rings. The Kier molecular flexibility index (Phi) is 5.22. The van der Waals surface area contributed by atoms with Crippen molar-refractivity contribution in [3.05, 3.63) is 60.3 Å². The van der Waals surface area contributed by atoms with Crippen LogP contribution < -0.4 is 4.74 Å². The summed E-state index contributed by atoms with van der Waals surface area (Å²) in [5, 5.41) is 0. The summed E-state index contributed by atoms with van der Waals surface area (Å²) in [7, 11) is 0. The van der Waals surface area contributed by atoms with Gasteiger partial charge in [0.1, 0.15) is 17.4 Å². The first-order valence-electron chi connectivity index (χ1n) is 10.1. The number of hydrogen-bond acceptors (Lipinski definition) is 5. The van der Waals surface area contributed by atoms with E-state index in [1.54, 1.807) is 18.3 Å². The van der Waals surface area contributed by atoms with E-state index >= 15 is 0 Å². The number of esters is 1. The fraction of sp³-hybridized carbons (Fsp3) is 0.375. The summed E-state index contributed by atoms with van der Waals surface area (Å²) in [5.41, 5.74) is 2.11. The summed E-state index contributed by atoms with van der Waals surface area (Å²) in [5.74, 6) is 0.946. The first-order valence-corrected chi connectivity index (χ1v) is 10.1. The highest BCUT2D eigenvalue weighted by atomic mass is 16.5. The number of benzene rings is 2. The normalized spacial score (nSPS) is 20.9. The molecule has 0 aliphatic heterocycles. The van der Waals surface area contributed by atoms with Gasteiger partial charge in [0.15, 0.2) is 0 Å². The van der Waals surface area contributed by atoms with Crippen LogP contribution in [-0.4, -0.2) is 22.0 Å². The van der Waals surface area contributed by atoms with Crippen molar-refractivity contribution in [3.8, 4) is 11.6 Å². The third-order valence-electron chi connectivity index (χ3n) is 5.37. The zero-order valence-electron chi connectivity index (χ0n) is 17.1. The minimum atomic E-state index is -0.357. The second-order valence-corrected chi connectivity index (χ2v) is 8.74. The topological polar surface area (TPSA) is 61.3 Å². The Bertz CT molecular complexity index is 1030. The average molecular weight is 390 g/mol. The number of ether oxygens (including phenoxy) is 2. The van der Waals surface area contributed by atoms with Gasteiger partial charge in [-0.15, -0.1) is 0 Å². The first kappa shape index (κ1) is 19.4. The van der Waals surface area contributed by atoms with E-state index in [-0.39, 0.29) is 17.5 Å². The van der Waals surface area contributed by atoms with Crippen molar-refractivity contribution in [2.45, 2.75) is 46.1 Å². The molecule has 4 rings (SSSR count). The third-order valence-corrected chi connectivity index (χ3v) is 5.37. The third kappa shape index (κ3) is 4.56. The van der Waals surface area contributed by atoms with Crippen LogP contribution in [0.3, 0.4) is 0 Å². The molecule has 0 saturated heterocycles. The Morgan fingerprint density at radius 2 is 1.76 bits per heavy atom. The Hall–Kier alpha value is -2.95. The molecule has 5 nitrogen and oxygen atoms in total. The van der Waals surface area contributed by atoms with E-state index in [1.807, 2.05) is 36.4 Å². The summed E-state index contributed by atoms with van der Waals surface area (Å²) in [6.07, 6.45) is 4.42. The standard InChI is InChI=1S/C24H26N2O3/c1-16-12-17(14-24(2,3)13-16)28-23(27)18-8-4-7-11-21(18)29-22-15-25-19-9-5-6-10-20(19)26-22/h4-11,15-17H,12-14H2,1-3H3. The van der Waals surface area contributed by atoms with Gasteiger partial charge in [0, 0.05) is 0 Å². The van der Waals surface area contributed by atoms with Gasteiger partial charge in [-0.2, -0.15) is 0 Å². The molecule has 0 N–H and O–H groups in total. The van der Waals surface area contributed by atoms with Crippen molar-refractivity contribution >= 4 is 17.0 Å². The van der Waals surface area contributed by atoms with Crippen LogP contribution in [0.2, 0.25) is 0 Å². The molecule has 0 spiro atoms. The van der Waals surface area contributed by atoms with Gasteiger partial charge in [-0.05, 0) is 54.9 Å². The van der Waals surface area contributed by atoms with Crippen molar-refractivity contribution in [3.63, 3.8) is 0 Å². The minimum absolute atomic E-state index is 0.0743. The van der Waals surface area contributed by atoms with Crippen LogP contribution in [0.25, 0.3) is 11.0 Å². The number of fused-ring (bicyclic) bond motifs is 1. The number of nitrogens with zero attached hydrogens (tertiary/aromatic N) is 2. The van der Waals surface area contributed by atoms with Crippen LogP contribution in [0.4, 0.5) is 0 Å². The lowest BCUT2D eigenvalue weighted by Crippen LogP contribution is -2.34. The fourth-order valence-electron chi connectivity index (χ4n) is 4.39. The molecule has 29 heavy (non-hydrogen) atoms. The van der Waals surface area contributed by atoms with E-state index in [0.29, 0.717) is 23.1 Å². The Morgan fingerprint density at radius 1 is 1.03 bits per heavy atom. The summed E-state index contributed by atoms with van der Waals surface area (Å²) < 4.78 is 11.8. The van der Waals surface area contributed by atoms with E-state index in [1.165, 1.54) is 0 Å². The van der Waals surface area contributed by atoms with Gasteiger partial charge in [0.25, 0.3) is 0 Å². The van der Waals surface area contributed by atoms with E-state index in [2.05, 4.69) is 30.7 Å². The molecule has 0 radical (unpaired) electrons. The molecule has 5 heteroatoms. The number of aromatic nitrogens is 2. The number of hydrogen-bond donors (Lipinski definition) is 0. The van der Waals surface area contributed by atoms with E-state index in [9.17, 15) is 4.79 Å². The van der Waals surface area contributed by atoms with Crippen molar-refractivity contribution < 1.29 is 14.3 Å². The molecule has 0 amide bonds. The quantitative estimate of drug-likeness (QED) is 0.527. The van der Waals surface area contributed by atoms with Crippen molar-refractivity contribution in [2.75, 3.05) is 0 Å². The van der Waals surface area contributed by atoms with Crippen molar-refractivity contribution in [1.82, 2.24) is 9.97 Å². The zero-order valence-corrected chi connectivity index (χ0v) is 17.1. The lowest BCUT2D eigenvalue weighted by atomic mass is 9.71. The monoisotopic (exact) mass is 390 g/mol. The van der Waals surface area contributed by atoms with Crippen LogP contribution in [0.1, 0.15) is 50.4 Å². The molecular weight excluding hydrogens is 364 g/mol. The summed E-state index contributed by atoms with van der Waals surface area (Å²) in [6, 6.07) is 14.7. The van der Waals surface area contributed by atoms with Crippen LogP contribution in [-0.2, 0) is 4.74 Å². The SMILES string of the molecule is CC1CC(OC(=O)c2ccccc2Oc2cnc3ccccc3n2)CC(C)(C)C1. The minimum Gasteiger partial charge on any atom is -0.459 e. The van der Waals surface area contributed by atoms with Gasteiger partial charge < -0.3 is 9.47 Å². The molecule has 1 aliphatic rings. The fourth-order valence-corrected chi connectivity index (χ4v) is 4.39. The Balaban J connectivity index is 1.53. The highest BCUT2D eigenvalue weighted by Crippen LogP contribution is 2.40. The largest absolute Gasteiger partial charge is 0.459 e. The van der Waals surface area contributed by atoms with Crippen LogP contribution in [0.15, 0.2) is 54.7 Å². The highest BCUT2D eigenvalue weighted by molar-refractivity contribution is 5.92. The maximum Gasteiger partial charge on any atom is 0.342 e. The van der Waals surface area contributed by atoms with Crippen molar-refractivity contribution in [1.29, 1.82) is 0 Å². The van der Waals surface area contributed by atoms with Gasteiger partial charge >= 0.3 is 5.97 Å². The molecule has 0 bridgehead atoms. The molecule has 1 saturated carbocycles. The van der Waals surface area contributed by atoms with Gasteiger partial charge in [-0.3, -0.25) is 0 Å². The van der Waals surface area contributed by atoms with Crippen LogP contribution in [0.5, 0.6) is 11.6 Å². The molecule has 1 heterocycles.